The first-order valence-corrected chi connectivity index (χ1v) is 10.3. The van der Waals surface area contributed by atoms with Crippen LogP contribution < -0.4 is 0 Å². The minimum Gasteiger partial charge on any atom is -0.328 e. The summed E-state index contributed by atoms with van der Waals surface area (Å²) in [4.78, 5) is 6.68. The van der Waals surface area contributed by atoms with Crippen molar-refractivity contribution in [1.82, 2.24) is 9.97 Å². The van der Waals surface area contributed by atoms with Crippen molar-refractivity contribution in [3.05, 3.63) is 60.7 Å². The van der Waals surface area contributed by atoms with Crippen LogP contribution in [0.2, 0.25) is 0 Å². The van der Waals surface area contributed by atoms with Crippen molar-refractivity contribution in [3.63, 3.8) is 0 Å². The Bertz CT molecular complexity index is 1070. The molecule has 0 spiro atoms. The van der Waals surface area contributed by atoms with E-state index in [1.54, 1.807) is 48.5 Å². The fraction of sp³-hybridized carbons (Fsp3) is 0.0625. The second-order valence-corrected chi connectivity index (χ2v) is 8.99. The lowest BCUT2D eigenvalue weighted by molar-refractivity contribution is 0.580. The van der Waals surface area contributed by atoms with Crippen molar-refractivity contribution in [2.75, 3.05) is 6.26 Å². The highest BCUT2D eigenvalue weighted by Crippen LogP contribution is 2.28. The second-order valence-electron chi connectivity index (χ2n) is 5.17. The Labute approximate surface area is 140 Å². The maximum Gasteiger partial charge on any atom is 0.224 e. The van der Waals surface area contributed by atoms with Gasteiger partial charge in [-0.2, -0.15) is 0 Å². The van der Waals surface area contributed by atoms with E-state index in [2.05, 4.69) is 9.97 Å². The third-order valence-corrected chi connectivity index (χ3v) is 6.21. The van der Waals surface area contributed by atoms with E-state index in [9.17, 15) is 16.8 Å². The minimum absolute atomic E-state index is 0.00170. The van der Waals surface area contributed by atoms with Crippen LogP contribution >= 0.6 is 0 Å². The van der Waals surface area contributed by atoms with Gasteiger partial charge < -0.3 is 4.98 Å². The third kappa shape index (κ3) is 2.98. The number of aromatic amines is 1. The van der Waals surface area contributed by atoms with Crippen LogP contribution in [0.5, 0.6) is 0 Å². The maximum atomic E-state index is 12.8. The third-order valence-electron chi connectivity index (χ3n) is 3.36. The zero-order valence-corrected chi connectivity index (χ0v) is 14.3. The van der Waals surface area contributed by atoms with E-state index < -0.39 is 29.7 Å². The van der Waals surface area contributed by atoms with Crippen LogP contribution in [-0.4, -0.2) is 33.1 Å². The van der Waals surface area contributed by atoms with Crippen LogP contribution in [0.4, 0.5) is 0 Å². The first-order valence-electron chi connectivity index (χ1n) is 6.96. The van der Waals surface area contributed by atoms with Gasteiger partial charge in [0.05, 0.1) is 4.90 Å². The van der Waals surface area contributed by atoms with Gasteiger partial charge in [0.15, 0.2) is 19.9 Å². The highest BCUT2D eigenvalue weighted by molar-refractivity contribution is 7.94. The SMILES string of the molecule is CS(=O)(=O)c1nc(-c2ccccc2)[nH]c1S(=O)(=O)c1ccccc1. The standard InChI is InChI=1S/C16H14N2O4S2/c1-23(19,20)15-16(24(21,22)13-10-6-3-7-11-13)18-14(17-15)12-8-4-2-5-9-12/h2-11H,1H3,(H,17,18). The number of sulfone groups is 2. The molecule has 0 unspecified atom stereocenters. The molecule has 1 N–H and O–H groups in total. The highest BCUT2D eigenvalue weighted by atomic mass is 32.2. The van der Waals surface area contributed by atoms with Gasteiger partial charge in [-0.1, -0.05) is 48.5 Å². The molecule has 0 amide bonds. The summed E-state index contributed by atoms with van der Waals surface area (Å²) in [5.41, 5.74) is 0.594. The zero-order chi connectivity index (χ0) is 17.4. The van der Waals surface area contributed by atoms with Crippen LogP contribution in [0.15, 0.2) is 75.6 Å². The molecule has 1 aromatic heterocycles. The molecular weight excluding hydrogens is 348 g/mol. The lowest BCUT2D eigenvalue weighted by Gasteiger charge is -2.03. The van der Waals surface area contributed by atoms with Gasteiger partial charge >= 0.3 is 0 Å². The monoisotopic (exact) mass is 362 g/mol. The minimum atomic E-state index is -4.04. The van der Waals surface area contributed by atoms with Crippen LogP contribution in [0.25, 0.3) is 11.4 Å². The molecule has 0 saturated carbocycles. The lowest BCUT2D eigenvalue weighted by Crippen LogP contribution is -2.09. The summed E-state index contributed by atoms with van der Waals surface area (Å²) in [6.45, 7) is 0. The molecule has 2 aromatic carbocycles. The Morgan fingerprint density at radius 1 is 0.833 bits per heavy atom. The van der Waals surface area contributed by atoms with E-state index in [1.165, 1.54) is 12.1 Å². The summed E-state index contributed by atoms with van der Waals surface area (Å²) in [6.07, 6.45) is 0.933. The fourth-order valence-corrected chi connectivity index (χ4v) is 4.91. The number of imidazole rings is 1. The molecule has 0 fully saturated rings. The van der Waals surface area contributed by atoms with Crippen molar-refractivity contribution in [2.24, 2.45) is 0 Å². The van der Waals surface area contributed by atoms with Gasteiger partial charge in [-0.3, -0.25) is 0 Å². The van der Waals surface area contributed by atoms with E-state index in [4.69, 9.17) is 0 Å². The van der Waals surface area contributed by atoms with Crippen LogP contribution in [-0.2, 0) is 19.7 Å². The molecule has 124 valence electrons. The van der Waals surface area contributed by atoms with E-state index >= 15 is 0 Å². The zero-order valence-electron chi connectivity index (χ0n) is 12.7. The van der Waals surface area contributed by atoms with Gasteiger partial charge in [0, 0.05) is 11.8 Å². The number of hydrogen-bond acceptors (Lipinski definition) is 5. The molecule has 0 aliphatic heterocycles. The molecule has 6 nitrogen and oxygen atoms in total. The second kappa shape index (κ2) is 5.88. The molecule has 0 aliphatic rings. The van der Waals surface area contributed by atoms with Crippen molar-refractivity contribution in [1.29, 1.82) is 0 Å². The molecule has 8 heteroatoms. The number of hydrogen-bond donors (Lipinski definition) is 1. The molecule has 3 rings (SSSR count). The fourth-order valence-electron chi connectivity index (χ4n) is 2.22. The first-order chi connectivity index (χ1) is 11.3. The summed E-state index contributed by atoms with van der Waals surface area (Å²) >= 11 is 0. The topological polar surface area (TPSA) is 97.0 Å². The molecule has 24 heavy (non-hydrogen) atoms. The van der Waals surface area contributed by atoms with Crippen LogP contribution in [0.1, 0.15) is 0 Å². The molecule has 0 bridgehead atoms. The van der Waals surface area contributed by atoms with E-state index in [0.717, 1.165) is 6.26 Å². The quantitative estimate of drug-likeness (QED) is 0.768. The Morgan fingerprint density at radius 2 is 1.38 bits per heavy atom. The number of rotatable bonds is 4. The number of nitrogens with zero attached hydrogens (tertiary/aromatic N) is 1. The number of benzene rings is 2. The molecule has 0 radical (unpaired) electrons. The van der Waals surface area contributed by atoms with Crippen molar-refractivity contribution in [3.8, 4) is 11.4 Å². The summed E-state index contributed by atoms with van der Waals surface area (Å²) in [7, 11) is -7.87. The lowest BCUT2D eigenvalue weighted by atomic mass is 10.2. The van der Waals surface area contributed by atoms with E-state index in [1.807, 2.05) is 0 Å². The molecule has 1 heterocycles. The highest BCUT2D eigenvalue weighted by Gasteiger charge is 2.30. The van der Waals surface area contributed by atoms with Gasteiger partial charge in [0.25, 0.3) is 0 Å². The van der Waals surface area contributed by atoms with Gasteiger partial charge in [-0.15, -0.1) is 0 Å². The van der Waals surface area contributed by atoms with Gasteiger partial charge in [0.1, 0.15) is 5.82 Å². The van der Waals surface area contributed by atoms with E-state index in [0.29, 0.717) is 5.56 Å². The average molecular weight is 362 g/mol. The Kier molecular flexibility index (Phi) is 4.02. The van der Waals surface area contributed by atoms with Gasteiger partial charge in [0.2, 0.25) is 9.84 Å². The Morgan fingerprint density at radius 3 is 1.92 bits per heavy atom. The van der Waals surface area contributed by atoms with Crippen molar-refractivity contribution in [2.45, 2.75) is 14.9 Å². The first kappa shape index (κ1) is 16.4. The van der Waals surface area contributed by atoms with Crippen LogP contribution in [0, 0.1) is 0 Å². The predicted octanol–water partition coefficient (Wildman–Crippen LogP) is 2.31. The summed E-state index contributed by atoms with van der Waals surface area (Å²) in [5.74, 6) is 0.186. The Hall–Kier alpha value is -2.45. The number of aromatic nitrogens is 2. The molecule has 0 atom stereocenters. The van der Waals surface area contributed by atoms with Crippen LogP contribution in [0.3, 0.4) is 0 Å². The van der Waals surface area contributed by atoms with Crippen molar-refractivity contribution < 1.29 is 16.8 Å². The normalized spacial score (nSPS) is 12.2. The number of nitrogens with one attached hydrogen (secondary N) is 1. The molecule has 3 aromatic rings. The van der Waals surface area contributed by atoms with E-state index in [-0.39, 0.29) is 10.7 Å². The smallest absolute Gasteiger partial charge is 0.224 e. The molecule has 0 saturated heterocycles. The predicted molar refractivity (Wildman–Crippen MR) is 89.0 cm³/mol. The summed E-state index contributed by atoms with van der Waals surface area (Å²) < 4.78 is 49.7. The Balaban J connectivity index is 2.26. The van der Waals surface area contributed by atoms with Gasteiger partial charge in [-0.05, 0) is 12.1 Å². The average Bonchev–Trinajstić information content (AvgIpc) is 3.03. The summed E-state index contributed by atoms with van der Waals surface area (Å²) in [5, 5.41) is -0.903. The number of H-pyrrole nitrogens is 1. The van der Waals surface area contributed by atoms with Gasteiger partial charge in [-0.25, -0.2) is 21.8 Å². The molecule has 0 aliphatic carbocycles. The van der Waals surface area contributed by atoms with Crippen molar-refractivity contribution >= 4 is 19.7 Å². The maximum absolute atomic E-state index is 12.8. The summed E-state index contributed by atoms with van der Waals surface area (Å²) in [6, 6.07) is 16.4. The largest absolute Gasteiger partial charge is 0.328 e. The molecular formula is C16H14N2O4S2.